The summed E-state index contributed by atoms with van der Waals surface area (Å²) in [7, 11) is -6.01. The molecule has 12 heteroatoms. The van der Waals surface area contributed by atoms with Crippen molar-refractivity contribution in [1.82, 2.24) is 0 Å². The summed E-state index contributed by atoms with van der Waals surface area (Å²) in [6, 6.07) is 30.2. The van der Waals surface area contributed by atoms with Gasteiger partial charge in [-0.3, -0.25) is 0 Å². The van der Waals surface area contributed by atoms with E-state index < -0.39 is 44.1 Å². The summed E-state index contributed by atoms with van der Waals surface area (Å²) in [5.74, 6) is -12.8. The molecular formula is C27H15F5O5S2. The molecule has 0 radical (unpaired) electrons. The second kappa shape index (κ2) is 11.4. The van der Waals surface area contributed by atoms with Gasteiger partial charge in [0.05, 0.1) is 10.9 Å². The SMILES string of the molecule is O=S(=O)([O-])c1c(F)c(F)c(F)c(F)c1F.O=c1ccc2ccc([S+](c3ccccc3)c3ccccc3)cc2o1. The van der Waals surface area contributed by atoms with E-state index in [1.807, 2.05) is 24.3 Å². The molecule has 0 unspecified atom stereocenters. The number of hydrogen-bond donors (Lipinski definition) is 0. The summed E-state index contributed by atoms with van der Waals surface area (Å²) in [6.07, 6.45) is 0. The topological polar surface area (TPSA) is 87.4 Å². The van der Waals surface area contributed by atoms with E-state index >= 15 is 0 Å². The van der Waals surface area contributed by atoms with Crippen molar-refractivity contribution in [3.8, 4) is 0 Å². The van der Waals surface area contributed by atoms with Crippen LogP contribution in [0.1, 0.15) is 0 Å². The van der Waals surface area contributed by atoms with Crippen LogP contribution in [0.4, 0.5) is 22.0 Å². The third kappa shape index (κ3) is 6.03. The van der Waals surface area contributed by atoms with Crippen molar-refractivity contribution in [2.45, 2.75) is 19.6 Å². The van der Waals surface area contributed by atoms with Crippen LogP contribution in [0.2, 0.25) is 0 Å². The molecular weight excluding hydrogens is 563 g/mol. The molecule has 0 fully saturated rings. The first kappa shape index (κ1) is 28.0. The van der Waals surface area contributed by atoms with Crippen LogP contribution in [0, 0.1) is 29.1 Å². The molecule has 4 aromatic carbocycles. The van der Waals surface area contributed by atoms with Gasteiger partial charge in [-0.25, -0.2) is 35.2 Å². The van der Waals surface area contributed by atoms with Crippen LogP contribution in [0.5, 0.6) is 0 Å². The van der Waals surface area contributed by atoms with E-state index in [1.54, 1.807) is 6.07 Å². The summed E-state index contributed by atoms with van der Waals surface area (Å²) in [4.78, 5) is 12.8. The first-order valence-electron chi connectivity index (χ1n) is 10.8. The van der Waals surface area contributed by atoms with Crippen molar-refractivity contribution in [3.05, 3.63) is 131 Å². The van der Waals surface area contributed by atoms with E-state index in [0.717, 1.165) is 10.3 Å². The number of halogens is 5. The summed E-state index contributed by atoms with van der Waals surface area (Å²) >= 11 is 0. The minimum Gasteiger partial charge on any atom is -0.744 e. The minimum atomic E-state index is -5.77. The highest BCUT2D eigenvalue weighted by Gasteiger charge is 2.30. The molecule has 0 saturated heterocycles. The summed E-state index contributed by atoms with van der Waals surface area (Å²) in [6.45, 7) is 0. The molecule has 5 nitrogen and oxygen atoms in total. The Morgan fingerprint density at radius 3 is 1.56 bits per heavy atom. The van der Waals surface area contributed by atoms with Gasteiger partial charge in [0.1, 0.15) is 20.6 Å². The van der Waals surface area contributed by atoms with Crippen LogP contribution in [0.25, 0.3) is 11.0 Å². The third-order valence-corrected chi connectivity index (χ3v) is 8.28. The van der Waals surface area contributed by atoms with Gasteiger partial charge in [0.15, 0.2) is 38.0 Å². The molecule has 0 aliphatic rings. The van der Waals surface area contributed by atoms with Crippen molar-refractivity contribution in [3.63, 3.8) is 0 Å². The zero-order valence-electron chi connectivity index (χ0n) is 19.4. The van der Waals surface area contributed by atoms with E-state index in [9.17, 15) is 39.7 Å². The number of fused-ring (bicyclic) bond motifs is 1. The maximum Gasteiger partial charge on any atom is 0.336 e. The average Bonchev–Trinajstić information content (AvgIpc) is 2.92. The molecule has 0 atom stereocenters. The van der Waals surface area contributed by atoms with Gasteiger partial charge in [-0.2, -0.15) is 0 Å². The van der Waals surface area contributed by atoms with E-state index in [1.165, 1.54) is 15.9 Å². The normalized spacial score (nSPS) is 11.4. The highest BCUT2D eigenvalue weighted by atomic mass is 32.2. The van der Waals surface area contributed by atoms with Crippen molar-refractivity contribution in [1.29, 1.82) is 0 Å². The van der Waals surface area contributed by atoms with Crippen molar-refractivity contribution >= 4 is 32.0 Å². The number of hydrogen-bond acceptors (Lipinski definition) is 5. The fraction of sp³-hybridized carbons (Fsp3) is 0. The molecule has 39 heavy (non-hydrogen) atoms. The number of rotatable bonds is 4. The van der Waals surface area contributed by atoms with Gasteiger partial charge in [0.2, 0.25) is 5.82 Å². The summed E-state index contributed by atoms with van der Waals surface area (Å²) in [5.41, 5.74) is 0.309. The predicted octanol–water partition coefficient (Wildman–Crippen LogP) is 6.17. The second-order valence-electron chi connectivity index (χ2n) is 7.74. The lowest BCUT2D eigenvalue weighted by atomic mass is 10.2. The van der Waals surface area contributed by atoms with Crippen LogP contribution < -0.4 is 5.63 Å². The van der Waals surface area contributed by atoms with Gasteiger partial charge in [-0.05, 0) is 42.5 Å². The molecule has 0 N–H and O–H groups in total. The zero-order valence-corrected chi connectivity index (χ0v) is 21.0. The molecule has 0 spiro atoms. The Bertz CT molecular complexity index is 1740. The fourth-order valence-corrected chi connectivity index (χ4v) is 6.22. The van der Waals surface area contributed by atoms with Crippen molar-refractivity contribution in [2.24, 2.45) is 0 Å². The van der Waals surface area contributed by atoms with Gasteiger partial charge in [0, 0.05) is 17.5 Å². The highest BCUT2D eigenvalue weighted by molar-refractivity contribution is 7.97. The minimum absolute atomic E-state index is 0.239. The van der Waals surface area contributed by atoms with Crippen LogP contribution in [-0.2, 0) is 21.0 Å². The monoisotopic (exact) mass is 578 g/mol. The van der Waals surface area contributed by atoms with E-state index in [2.05, 4.69) is 54.6 Å². The number of benzene rings is 4. The van der Waals surface area contributed by atoms with E-state index in [4.69, 9.17) is 4.42 Å². The molecule has 0 saturated carbocycles. The van der Waals surface area contributed by atoms with Gasteiger partial charge < -0.3 is 8.97 Å². The van der Waals surface area contributed by atoms with Gasteiger partial charge in [-0.15, -0.1) is 0 Å². The predicted molar refractivity (Wildman–Crippen MR) is 132 cm³/mol. The summed E-state index contributed by atoms with van der Waals surface area (Å²) in [5, 5.41) is 0.933. The largest absolute Gasteiger partial charge is 0.744 e. The zero-order chi connectivity index (χ0) is 28.3. The van der Waals surface area contributed by atoms with Crippen LogP contribution in [0.3, 0.4) is 0 Å². The molecule has 1 heterocycles. The molecule has 200 valence electrons. The Balaban J connectivity index is 0.000000204. The maximum atomic E-state index is 12.6. The Hall–Kier alpha value is -4.00. The van der Waals surface area contributed by atoms with Crippen LogP contribution in [0.15, 0.2) is 120 Å². The van der Waals surface area contributed by atoms with E-state index in [0.29, 0.717) is 5.58 Å². The Morgan fingerprint density at radius 2 is 1.08 bits per heavy atom. The molecule has 0 bridgehead atoms. The van der Waals surface area contributed by atoms with Crippen molar-refractivity contribution < 1.29 is 39.3 Å². The molecule has 1 aromatic heterocycles. The van der Waals surface area contributed by atoms with Gasteiger partial charge in [-0.1, -0.05) is 36.4 Å². The first-order valence-corrected chi connectivity index (χ1v) is 13.5. The highest BCUT2D eigenvalue weighted by Crippen LogP contribution is 2.32. The molecule has 0 amide bonds. The van der Waals surface area contributed by atoms with Gasteiger partial charge in [0.25, 0.3) is 0 Å². The molecule has 0 aliphatic carbocycles. The lowest BCUT2D eigenvalue weighted by Gasteiger charge is -2.10. The van der Waals surface area contributed by atoms with Crippen LogP contribution >= 0.6 is 0 Å². The van der Waals surface area contributed by atoms with E-state index in [-0.39, 0.29) is 16.5 Å². The Morgan fingerprint density at radius 1 is 0.615 bits per heavy atom. The molecule has 5 rings (SSSR count). The summed E-state index contributed by atoms with van der Waals surface area (Å²) < 4.78 is 98.3. The lowest BCUT2D eigenvalue weighted by molar-refractivity contribution is 0.350. The Kier molecular flexibility index (Phi) is 8.19. The second-order valence-corrected chi connectivity index (χ2v) is 11.1. The molecule has 5 aromatic rings. The standard InChI is InChI=1S/C21H15O2S.C6HF5O3S/c22-21-14-12-16-11-13-19(15-20(16)23-21)24(17-7-3-1-4-8-17)18-9-5-2-6-10-18;7-1-2(8)4(10)6(15(12,13)14)5(11)3(1)9/h1-15H;(H,12,13,14)/q+1;/p-1. The lowest BCUT2D eigenvalue weighted by Crippen LogP contribution is -2.12. The van der Waals surface area contributed by atoms with Gasteiger partial charge >= 0.3 is 5.63 Å². The van der Waals surface area contributed by atoms with Crippen molar-refractivity contribution in [2.75, 3.05) is 0 Å². The third-order valence-electron chi connectivity index (χ3n) is 5.21. The first-order chi connectivity index (χ1) is 18.5. The molecule has 0 aliphatic heterocycles. The quantitative estimate of drug-likeness (QED) is 0.0636. The Labute approximate surface area is 221 Å². The average molecular weight is 579 g/mol. The van der Waals surface area contributed by atoms with Crippen LogP contribution in [-0.4, -0.2) is 13.0 Å². The maximum absolute atomic E-state index is 12.6. The smallest absolute Gasteiger partial charge is 0.336 e. The fourth-order valence-electron chi connectivity index (χ4n) is 3.49.